The van der Waals surface area contributed by atoms with Gasteiger partial charge in [0.25, 0.3) is 0 Å². The van der Waals surface area contributed by atoms with Crippen molar-refractivity contribution in [2.75, 3.05) is 13.4 Å². The van der Waals surface area contributed by atoms with Crippen LogP contribution in [0.2, 0.25) is 0 Å². The second-order valence-corrected chi connectivity index (χ2v) is 3.99. The fourth-order valence-corrected chi connectivity index (χ4v) is 2.34. The molecule has 0 saturated heterocycles. The Bertz CT molecular complexity index is 250. The highest BCUT2D eigenvalue weighted by atomic mass is 127. The van der Waals surface area contributed by atoms with Crippen LogP contribution in [0.1, 0.15) is 0 Å². The third-order valence-electron chi connectivity index (χ3n) is 1.35. The predicted molar refractivity (Wildman–Crippen MR) is 57.5 cm³/mol. The first-order chi connectivity index (χ1) is 5.29. The van der Waals surface area contributed by atoms with Gasteiger partial charge in [-0.25, -0.2) is 0 Å². The van der Waals surface area contributed by atoms with Crippen molar-refractivity contribution in [2.45, 2.75) is 4.90 Å². The Morgan fingerprint density at radius 1 is 1.45 bits per heavy atom. The normalized spacial score (nSPS) is 9.73. The van der Waals surface area contributed by atoms with E-state index in [0.29, 0.717) is 0 Å². The molecule has 60 valence electrons. The van der Waals surface area contributed by atoms with E-state index in [2.05, 4.69) is 28.7 Å². The van der Waals surface area contributed by atoms with Gasteiger partial charge in [0.1, 0.15) is 5.75 Å². The first kappa shape index (κ1) is 9.19. The molecule has 0 aliphatic heterocycles. The lowest BCUT2D eigenvalue weighted by atomic mass is 10.3. The smallest absolute Gasteiger partial charge is 0.145 e. The maximum Gasteiger partial charge on any atom is 0.145 e. The first-order valence-corrected chi connectivity index (χ1v) is 5.46. The van der Waals surface area contributed by atoms with Gasteiger partial charge in [0.2, 0.25) is 0 Å². The molecule has 11 heavy (non-hydrogen) atoms. The van der Waals surface area contributed by atoms with E-state index in [4.69, 9.17) is 4.74 Å². The molecule has 0 saturated carbocycles. The molecular weight excluding hydrogens is 271 g/mol. The number of thioether (sulfide) groups is 1. The van der Waals surface area contributed by atoms with E-state index < -0.39 is 0 Å². The van der Waals surface area contributed by atoms with Crippen molar-refractivity contribution >= 4 is 34.4 Å². The van der Waals surface area contributed by atoms with Crippen LogP contribution >= 0.6 is 34.4 Å². The van der Waals surface area contributed by atoms with Crippen molar-refractivity contribution < 1.29 is 4.74 Å². The van der Waals surface area contributed by atoms with Gasteiger partial charge in [-0.1, -0.05) is 6.07 Å². The molecule has 0 heterocycles. The summed E-state index contributed by atoms with van der Waals surface area (Å²) in [4.78, 5) is 1.19. The number of para-hydroxylation sites is 1. The van der Waals surface area contributed by atoms with Crippen LogP contribution in [0, 0.1) is 3.57 Å². The zero-order chi connectivity index (χ0) is 8.27. The van der Waals surface area contributed by atoms with Crippen molar-refractivity contribution in [2.24, 2.45) is 0 Å². The monoisotopic (exact) mass is 280 g/mol. The molecule has 0 N–H and O–H groups in total. The molecule has 0 amide bonds. The van der Waals surface area contributed by atoms with E-state index in [1.807, 2.05) is 18.4 Å². The van der Waals surface area contributed by atoms with Crippen molar-refractivity contribution in [3.8, 4) is 5.75 Å². The molecule has 0 aliphatic carbocycles. The molecule has 0 fully saturated rings. The second-order valence-electron chi connectivity index (χ2n) is 1.98. The molecule has 0 radical (unpaired) electrons. The third kappa shape index (κ3) is 2.02. The van der Waals surface area contributed by atoms with E-state index >= 15 is 0 Å². The average molecular weight is 280 g/mol. The van der Waals surface area contributed by atoms with Gasteiger partial charge in [-0.05, 0) is 41.0 Å². The average Bonchev–Trinajstić information content (AvgIpc) is 2.04. The van der Waals surface area contributed by atoms with Crippen molar-refractivity contribution in [1.82, 2.24) is 0 Å². The van der Waals surface area contributed by atoms with Crippen LogP contribution < -0.4 is 4.74 Å². The Balaban J connectivity index is 3.13. The lowest BCUT2D eigenvalue weighted by Gasteiger charge is -2.06. The molecule has 0 aliphatic rings. The highest BCUT2D eigenvalue weighted by Crippen LogP contribution is 2.31. The molecule has 0 aromatic heterocycles. The number of halogens is 1. The second kappa shape index (κ2) is 4.21. The van der Waals surface area contributed by atoms with Crippen LogP contribution in [-0.2, 0) is 0 Å². The maximum atomic E-state index is 5.24. The Hall–Kier alpha value is 0.1000. The van der Waals surface area contributed by atoms with Gasteiger partial charge in [0, 0.05) is 0 Å². The van der Waals surface area contributed by atoms with Crippen LogP contribution in [-0.4, -0.2) is 13.4 Å². The summed E-state index contributed by atoms with van der Waals surface area (Å²) in [5, 5.41) is 0. The SMILES string of the molecule is COc1c(I)cccc1SC. The Morgan fingerprint density at radius 2 is 2.18 bits per heavy atom. The quantitative estimate of drug-likeness (QED) is 0.608. The van der Waals surface area contributed by atoms with Crippen LogP contribution in [0.5, 0.6) is 5.75 Å². The fourth-order valence-electron chi connectivity index (χ4n) is 0.848. The van der Waals surface area contributed by atoms with Crippen molar-refractivity contribution in [1.29, 1.82) is 0 Å². The van der Waals surface area contributed by atoms with E-state index in [-0.39, 0.29) is 0 Å². The van der Waals surface area contributed by atoms with Crippen LogP contribution in [0.25, 0.3) is 0 Å². The topological polar surface area (TPSA) is 9.23 Å². The summed E-state index contributed by atoms with van der Waals surface area (Å²) in [5.41, 5.74) is 0. The molecule has 0 unspecified atom stereocenters. The number of ether oxygens (including phenoxy) is 1. The summed E-state index contributed by atoms with van der Waals surface area (Å²) < 4.78 is 6.40. The summed E-state index contributed by atoms with van der Waals surface area (Å²) >= 11 is 3.98. The van der Waals surface area contributed by atoms with E-state index in [0.717, 1.165) is 9.32 Å². The zero-order valence-corrected chi connectivity index (χ0v) is 9.40. The minimum atomic E-state index is 0.987. The van der Waals surface area contributed by atoms with Gasteiger partial charge in [0.15, 0.2) is 0 Å². The van der Waals surface area contributed by atoms with Crippen molar-refractivity contribution in [3.63, 3.8) is 0 Å². The molecule has 1 aromatic carbocycles. The molecule has 0 bridgehead atoms. The Labute approximate surface area is 84.7 Å². The minimum Gasteiger partial charge on any atom is -0.494 e. The molecule has 0 atom stereocenters. The molecular formula is C8H9IOS. The maximum absolute atomic E-state index is 5.24. The highest BCUT2D eigenvalue weighted by molar-refractivity contribution is 14.1. The third-order valence-corrected chi connectivity index (χ3v) is 2.97. The number of rotatable bonds is 2. The summed E-state index contributed by atoms with van der Waals surface area (Å²) in [6.45, 7) is 0. The summed E-state index contributed by atoms with van der Waals surface area (Å²) in [5.74, 6) is 0.987. The fraction of sp³-hybridized carbons (Fsp3) is 0.250. The number of hydrogen-bond acceptors (Lipinski definition) is 2. The number of methoxy groups -OCH3 is 1. The van der Waals surface area contributed by atoms with Gasteiger partial charge in [-0.3, -0.25) is 0 Å². The molecule has 1 nitrogen and oxygen atoms in total. The molecule has 3 heteroatoms. The molecule has 1 aromatic rings. The number of benzene rings is 1. The summed E-state index contributed by atoms with van der Waals surface area (Å²) in [7, 11) is 1.71. The Morgan fingerprint density at radius 3 is 2.64 bits per heavy atom. The lowest BCUT2D eigenvalue weighted by molar-refractivity contribution is 0.402. The van der Waals surface area contributed by atoms with Gasteiger partial charge < -0.3 is 4.74 Å². The van der Waals surface area contributed by atoms with Gasteiger partial charge >= 0.3 is 0 Å². The first-order valence-electron chi connectivity index (χ1n) is 3.16. The summed E-state index contributed by atoms with van der Waals surface area (Å²) in [6, 6.07) is 6.14. The van der Waals surface area contributed by atoms with Gasteiger partial charge in [-0.15, -0.1) is 11.8 Å². The van der Waals surface area contributed by atoms with E-state index in [9.17, 15) is 0 Å². The molecule has 1 rings (SSSR count). The van der Waals surface area contributed by atoms with Gasteiger partial charge in [-0.2, -0.15) is 0 Å². The summed E-state index contributed by atoms with van der Waals surface area (Å²) in [6.07, 6.45) is 2.05. The largest absolute Gasteiger partial charge is 0.494 e. The Kier molecular flexibility index (Phi) is 3.51. The lowest BCUT2D eigenvalue weighted by Crippen LogP contribution is -1.88. The zero-order valence-electron chi connectivity index (χ0n) is 6.43. The standard InChI is InChI=1S/C8H9IOS/c1-10-8-6(9)4-3-5-7(8)11-2/h3-5H,1-2H3. The van der Waals surface area contributed by atoms with Crippen LogP contribution in [0.3, 0.4) is 0 Å². The van der Waals surface area contributed by atoms with Crippen molar-refractivity contribution in [3.05, 3.63) is 21.8 Å². The van der Waals surface area contributed by atoms with Crippen LogP contribution in [0.4, 0.5) is 0 Å². The minimum absolute atomic E-state index is 0.987. The number of hydrogen-bond donors (Lipinski definition) is 0. The van der Waals surface area contributed by atoms with E-state index in [1.165, 1.54) is 4.90 Å². The predicted octanol–water partition coefficient (Wildman–Crippen LogP) is 3.02. The highest BCUT2D eigenvalue weighted by Gasteiger charge is 2.03. The van der Waals surface area contributed by atoms with E-state index in [1.54, 1.807) is 18.9 Å². The van der Waals surface area contributed by atoms with Crippen LogP contribution in [0.15, 0.2) is 23.1 Å². The van der Waals surface area contributed by atoms with Gasteiger partial charge in [0.05, 0.1) is 15.6 Å². The molecule has 0 spiro atoms.